The molecule has 0 N–H and O–H groups in total. The minimum atomic E-state index is 0.0163. The van der Waals surface area contributed by atoms with Crippen LogP contribution in [0.5, 0.6) is 0 Å². The van der Waals surface area contributed by atoms with Crippen LogP contribution in [0, 0.1) is 0 Å². The summed E-state index contributed by atoms with van der Waals surface area (Å²) < 4.78 is 5.61. The van der Waals surface area contributed by atoms with E-state index in [9.17, 15) is 4.79 Å². The molecule has 4 heteroatoms. The van der Waals surface area contributed by atoms with Crippen LogP contribution in [0.15, 0.2) is 12.7 Å². The fourth-order valence-electron chi connectivity index (χ4n) is 1.76. The molecule has 1 saturated heterocycles. The van der Waals surface area contributed by atoms with Crippen LogP contribution in [0.2, 0.25) is 0 Å². The van der Waals surface area contributed by atoms with E-state index in [-0.39, 0.29) is 12.0 Å². The molecule has 0 aromatic carbocycles. The number of hydrogen-bond donors (Lipinski definition) is 0. The van der Waals surface area contributed by atoms with E-state index in [1.807, 2.05) is 18.7 Å². The van der Waals surface area contributed by atoms with Gasteiger partial charge in [0.2, 0.25) is 5.91 Å². The number of nitrogens with zero attached hydrogens (tertiary/aromatic N) is 2. The van der Waals surface area contributed by atoms with Crippen molar-refractivity contribution in [3.05, 3.63) is 12.7 Å². The fraction of sp³-hybridized carbons (Fsp3) is 0.750. The summed E-state index contributed by atoms with van der Waals surface area (Å²) in [5.41, 5.74) is 0. The molecule has 16 heavy (non-hydrogen) atoms. The van der Waals surface area contributed by atoms with Crippen LogP contribution in [0.4, 0.5) is 0 Å². The maximum absolute atomic E-state index is 11.5. The Labute approximate surface area is 97.9 Å². The SMILES string of the molecule is C=CC(=O)N1CCN(C)C(COC(C)C)C1. The van der Waals surface area contributed by atoms with Gasteiger partial charge in [-0.15, -0.1) is 0 Å². The number of ether oxygens (including phenoxy) is 1. The molecule has 0 aromatic rings. The van der Waals surface area contributed by atoms with Crippen molar-refractivity contribution in [2.75, 3.05) is 33.3 Å². The van der Waals surface area contributed by atoms with Gasteiger partial charge in [-0.25, -0.2) is 0 Å². The van der Waals surface area contributed by atoms with Crippen LogP contribution in [0.1, 0.15) is 13.8 Å². The Kier molecular flexibility index (Phi) is 4.96. The number of rotatable bonds is 4. The Morgan fingerprint density at radius 3 is 2.81 bits per heavy atom. The van der Waals surface area contributed by atoms with Crippen molar-refractivity contribution in [1.82, 2.24) is 9.80 Å². The van der Waals surface area contributed by atoms with Crippen molar-refractivity contribution >= 4 is 5.91 Å². The molecule has 0 bridgehead atoms. The largest absolute Gasteiger partial charge is 0.377 e. The zero-order chi connectivity index (χ0) is 12.1. The highest BCUT2D eigenvalue weighted by Crippen LogP contribution is 2.09. The standard InChI is InChI=1S/C12H22N2O2/c1-5-12(15)14-7-6-13(4)11(8-14)9-16-10(2)3/h5,10-11H,1,6-9H2,2-4H3. The summed E-state index contributed by atoms with van der Waals surface area (Å²) in [6.07, 6.45) is 1.62. The van der Waals surface area contributed by atoms with Gasteiger partial charge in [-0.05, 0) is 27.0 Å². The predicted octanol–water partition coefficient (Wildman–Crippen LogP) is 0.740. The van der Waals surface area contributed by atoms with E-state index < -0.39 is 0 Å². The van der Waals surface area contributed by atoms with Gasteiger partial charge >= 0.3 is 0 Å². The third-order valence-corrected chi connectivity index (χ3v) is 2.89. The van der Waals surface area contributed by atoms with E-state index in [4.69, 9.17) is 4.74 Å². The van der Waals surface area contributed by atoms with Gasteiger partial charge in [-0.1, -0.05) is 6.58 Å². The summed E-state index contributed by atoms with van der Waals surface area (Å²) in [6, 6.07) is 0.292. The van der Waals surface area contributed by atoms with Crippen LogP contribution in [-0.4, -0.2) is 61.1 Å². The van der Waals surface area contributed by atoms with Crippen molar-refractivity contribution in [1.29, 1.82) is 0 Å². The number of amides is 1. The summed E-state index contributed by atoms with van der Waals surface area (Å²) in [5.74, 6) is 0.0163. The normalized spacial score (nSPS) is 22.5. The lowest BCUT2D eigenvalue weighted by molar-refractivity contribution is -0.129. The average Bonchev–Trinajstić information content (AvgIpc) is 2.26. The molecular formula is C12H22N2O2. The van der Waals surface area contributed by atoms with Crippen LogP contribution >= 0.6 is 0 Å². The molecule has 1 fully saturated rings. The highest BCUT2D eigenvalue weighted by atomic mass is 16.5. The van der Waals surface area contributed by atoms with E-state index in [1.165, 1.54) is 6.08 Å². The minimum Gasteiger partial charge on any atom is -0.377 e. The van der Waals surface area contributed by atoms with Gasteiger partial charge in [0.15, 0.2) is 0 Å². The van der Waals surface area contributed by atoms with Crippen LogP contribution in [0.3, 0.4) is 0 Å². The van der Waals surface area contributed by atoms with Crippen LogP contribution in [0.25, 0.3) is 0 Å². The molecule has 1 atom stereocenters. The first kappa shape index (κ1) is 13.2. The lowest BCUT2D eigenvalue weighted by atomic mass is 10.2. The highest BCUT2D eigenvalue weighted by Gasteiger charge is 2.26. The van der Waals surface area contributed by atoms with Crippen molar-refractivity contribution in [2.45, 2.75) is 26.0 Å². The Morgan fingerprint density at radius 1 is 1.56 bits per heavy atom. The van der Waals surface area contributed by atoms with Gasteiger partial charge in [0.05, 0.1) is 18.8 Å². The number of carbonyl (C=O) groups is 1. The molecule has 1 unspecified atom stereocenters. The molecule has 1 rings (SSSR count). The molecule has 1 amide bonds. The molecule has 92 valence electrons. The fourth-order valence-corrected chi connectivity index (χ4v) is 1.76. The second-order valence-electron chi connectivity index (χ2n) is 4.50. The monoisotopic (exact) mass is 226 g/mol. The molecule has 0 radical (unpaired) electrons. The average molecular weight is 226 g/mol. The Morgan fingerprint density at radius 2 is 2.25 bits per heavy atom. The molecule has 1 aliphatic rings. The second-order valence-corrected chi connectivity index (χ2v) is 4.50. The lowest BCUT2D eigenvalue weighted by Gasteiger charge is -2.39. The van der Waals surface area contributed by atoms with E-state index in [2.05, 4.69) is 18.5 Å². The third kappa shape index (κ3) is 3.61. The highest BCUT2D eigenvalue weighted by molar-refractivity contribution is 5.87. The molecule has 4 nitrogen and oxygen atoms in total. The molecule has 1 heterocycles. The molecule has 1 aliphatic heterocycles. The molecule has 0 aliphatic carbocycles. The van der Waals surface area contributed by atoms with Gasteiger partial charge < -0.3 is 9.64 Å². The first-order valence-corrected chi connectivity index (χ1v) is 5.77. The van der Waals surface area contributed by atoms with E-state index in [0.717, 1.165) is 19.6 Å². The van der Waals surface area contributed by atoms with Gasteiger partial charge in [-0.3, -0.25) is 9.69 Å². The van der Waals surface area contributed by atoms with Gasteiger partial charge in [0.25, 0.3) is 0 Å². The predicted molar refractivity (Wildman–Crippen MR) is 64.3 cm³/mol. The Bertz CT molecular complexity index is 253. The lowest BCUT2D eigenvalue weighted by Crippen LogP contribution is -2.54. The zero-order valence-electron chi connectivity index (χ0n) is 10.5. The van der Waals surface area contributed by atoms with E-state index in [1.54, 1.807) is 0 Å². The maximum Gasteiger partial charge on any atom is 0.246 e. The molecular weight excluding hydrogens is 204 g/mol. The van der Waals surface area contributed by atoms with Crippen molar-refractivity contribution in [3.63, 3.8) is 0 Å². The summed E-state index contributed by atoms with van der Waals surface area (Å²) in [6.45, 7) is 10.6. The molecule has 0 spiro atoms. The van der Waals surface area contributed by atoms with Crippen molar-refractivity contribution in [3.8, 4) is 0 Å². The Hall–Kier alpha value is -0.870. The smallest absolute Gasteiger partial charge is 0.246 e. The summed E-state index contributed by atoms with van der Waals surface area (Å²) in [7, 11) is 2.07. The summed E-state index contributed by atoms with van der Waals surface area (Å²) >= 11 is 0. The molecule has 0 saturated carbocycles. The van der Waals surface area contributed by atoms with Gasteiger partial charge in [0, 0.05) is 19.6 Å². The van der Waals surface area contributed by atoms with Gasteiger partial charge in [-0.2, -0.15) is 0 Å². The van der Waals surface area contributed by atoms with Crippen LogP contribution in [-0.2, 0) is 9.53 Å². The summed E-state index contributed by atoms with van der Waals surface area (Å²) in [5, 5.41) is 0. The quantitative estimate of drug-likeness (QED) is 0.663. The third-order valence-electron chi connectivity index (χ3n) is 2.89. The van der Waals surface area contributed by atoms with E-state index >= 15 is 0 Å². The first-order valence-electron chi connectivity index (χ1n) is 5.77. The number of likely N-dealkylation sites (N-methyl/N-ethyl adjacent to an activating group) is 1. The Balaban J connectivity index is 2.48. The second kappa shape index (κ2) is 6.01. The van der Waals surface area contributed by atoms with Gasteiger partial charge in [0.1, 0.15) is 0 Å². The van der Waals surface area contributed by atoms with E-state index in [0.29, 0.717) is 12.6 Å². The zero-order valence-corrected chi connectivity index (χ0v) is 10.5. The number of hydrogen-bond acceptors (Lipinski definition) is 3. The van der Waals surface area contributed by atoms with Crippen LogP contribution < -0.4 is 0 Å². The topological polar surface area (TPSA) is 32.8 Å². The summed E-state index contributed by atoms with van der Waals surface area (Å²) in [4.78, 5) is 15.6. The maximum atomic E-state index is 11.5. The minimum absolute atomic E-state index is 0.0163. The number of piperazine rings is 1. The number of carbonyl (C=O) groups excluding carboxylic acids is 1. The molecule has 0 aromatic heterocycles. The first-order chi connectivity index (χ1) is 7.54. The van der Waals surface area contributed by atoms with Crippen molar-refractivity contribution < 1.29 is 9.53 Å². The van der Waals surface area contributed by atoms with Crippen molar-refractivity contribution in [2.24, 2.45) is 0 Å².